The van der Waals surface area contributed by atoms with Crippen LogP contribution in [-0.2, 0) is 9.59 Å². The first-order chi connectivity index (χ1) is 9.05. The van der Waals surface area contributed by atoms with Gasteiger partial charge in [-0.15, -0.1) is 0 Å². The fourth-order valence-electron chi connectivity index (χ4n) is 3.20. The number of carboxylic acid groups (broad SMARTS) is 1. The molecule has 2 saturated carbocycles. The molecule has 0 atom stereocenters. The van der Waals surface area contributed by atoms with Crippen LogP contribution in [0.25, 0.3) is 0 Å². The van der Waals surface area contributed by atoms with Crippen LogP contribution in [0.1, 0.15) is 57.8 Å². The highest BCUT2D eigenvalue weighted by molar-refractivity contribution is 5.90. The Morgan fingerprint density at radius 2 is 1.58 bits per heavy atom. The first kappa shape index (κ1) is 14.3. The van der Waals surface area contributed by atoms with Gasteiger partial charge in [0.05, 0.1) is 5.41 Å². The zero-order valence-electron chi connectivity index (χ0n) is 11.4. The number of hydrogen-bond donors (Lipinski definition) is 3. The Morgan fingerprint density at radius 1 is 1.00 bits per heavy atom. The molecule has 108 valence electrons. The zero-order valence-corrected chi connectivity index (χ0v) is 11.4. The Bertz CT molecular complexity index is 350. The topological polar surface area (TPSA) is 92.4 Å². The lowest BCUT2D eigenvalue weighted by atomic mass is 9.67. The van der Waals surface area contributed by atoms with Crippen LogP contribution in [0.3, 0.4) is 0 Å². The second kappa shape index (κ2) is 5.49. The van der Waals surface area contributed by atoms with Crippen molar-refractivity contribution < 1.29 is 14.7 Å². The van der Waals surface area contributed by atoms with Crippen molar-refractivity contribution in [3.05, 3.63) is 0 Å². The largest absolute Gasteiger partial charge is 0.480 e. The molecule has 5 nitrogen and oxygen atoms in total. The molecule has 19 heavy (non-hydrogen) atoms. The molecule has 2 rings (SSSR count). The summed E-state index contributed by atoms with van der Waals surface area (Å²) in [6, 6.07) is 0. The predicted molar refractivity (Wildman–Crippen MR) is 71.5 cm³/mol. The molecule has 0 aromatic heterocycles. The minimum Gasteiger partial charge on any atom is -0.480 e. The Balaban J connectivity index is 2.12. The average Bonchev–Trinajstić information content (AvgIpc) is 2.55. The summed E-state index contributed by atoms with van der Waals surface area (Å²) in [5.74, 6) is -1.04. The van der Waals surface area contributed by atoms with Crippen molar-refractivity contribution in [3.63, 3.8) is 0 Å². The number of carbonyl (C=O) groups is 2. The number of nitrogens with one attached hydrogen (secondary N) is 1. The van der Waals surface area contributed by atoms with Gasteiger partial charge in [0.25, 0.3) is 0 Å². The second-order valence-corrected chi connectivity index (χ2v) is 6.09. The van der Waals surface area contributed by atoms with Gasteiger partial charge in [-0.05, 0) is 25.7 Å². The molecular weight excluding hydrogens is 244 g/mol. The number of carboxylic acids is 1. The van der Waals surface area contributed by atoms with Crippen LogP contribution >= 0.6 is 0 Å². The van der Waals surface area contributed by atoms with Gasteiger partial charge in [0.2, 0.25) is 5.91 Å². The number of carbonyl (C=O) groups excluding carboxylic acids is 1. The Labute approximate surface area is 113 Å². The molecule has 4 N–H and O–H groups in total. The van der Waals surface area contributed by atoms with Gasteiger partial charge in [-0.25, -0.2) is 4.79 Å². The van der Waals surface area contributed by atoms with Crippen molar-refractivity contribution in [2.24, 2.45) is 11.1 Å². The number of hydrogen-bond acceptors (Lipinski definition) is 3. The summed E-state index contributed by atoms with van der Waals surface area (Å²) >= 11 is 0. The van der Waals surface area contributed by atoms with Crippen molar-refractivity contribution in [2.75, 3.05) is 6.54 Å². The van der Waals surface area contributed by atoms with E-state index in [0.717, 1.165) is 44.9 Å². The molecule has 0 aromatic rings. The van der Waals surface area contributed by atoms with E-state index < -0.39 is 16.9 Å². The van der Waals surface area contributed by atoms with Gasteiger partial charge >= 0.3 is 5.97 Å². The zero-order chi connectivity index (χ0) is 13.9. The van der Waals surface area contributed by atoms with E-state index in [4.69, 9.17) is 5.73 Å². The van der Waals surface area contributed by atoms with E-state index >= 15 is 0 Å². The standard InChI is InChI=1S/C14H24N2O3/c15-10-13(6-5-7-13)11(17)16-14(12(18)19)8-3-1-2-4-9-14/h1-10,15H2,(H,16,17)(H,18,19). The monoisotopic (exact) mass is 268 g/mol. The van der Waals surface area contributed by atoms with Gasteiger partial charge in [-0.3, -0.25) is 4.79 Å². The molecule has 2 fully saturated rings. The molecule has 0 heterocycles. The van der Waals surface area contributed by atoms with Gasteiger partial charge in [0, 0.05) is 6.54 Å². The van der Waals surface area contributed by atoms with Gasteiger partial charge in [0.15, 0.2) is 0 Å². The summed E-state index contributed by atoms with van der Waals surface area (Å²) in [5.41, 5.74) is 4.15. The third-order valence-electron chi connectivity index (χ3n) is 4.90. The predicted octanol–water partition coefficient (Wildman–Crippen LogP) is 1.41. The van der Waals surface area contributed by atoms with Crippen LogP contribution in [0, 0.1) is 5.41 Å². The van der Waals surface area contributed by atoms with Gasteiger partial charge in [-0.1, -0.05) is 32.1 Å². The average molecular weight is 268 g/mol. The molecule has 1 amide bonds. The number of rotatable bonds is 4. The van der Waals surface area contributed by atoms with Gasteiger partial charge < -0.3 is 16.2 Å². The molecule has 0 unspecified atom stereocenters. The summed E-state index contributed by atoms with van der Waals surface area (Å²) in [5, 5.41) is 12.4. The van der Waals surface area contributed by atoms with Crippen molar-refractivity contribution in [1.29, 1.82) is 0 Å². The minimum atomic E-state index is -1.06. The molecule has 0 saturated heterocycles. The quantitative estimate of drug-likeness (QED) is 0.672. The summed E-state index contributed by atoms with van der Waals surface area (Å²) in [7, 11) is 0. The highest BCUT2D eigenvalue weighted by Crippen LogP contribution is 2.41. The Kier molecular flexibility index (Phi) is 4.13. The van der Waals surface area contributed by atoms with Crippen LogP contribution in [-0.4, -0.2) is 29.1 Å². The van der Waals surface area contributed by atoms with E-state index in [1.807, 2.05) is 0 Å². The third kappa shape index (κ3) is 2.61. The maximum Gasteiger partial charge on any atom is 0.329 e. The van der Waals surface area contributed by atoms with E-state index in [9.17, 15) is 14.7 Å². The highest BCUT2D eigenvalue weighted by Gasteiger charge is 2.48. The molecule has 0 aliphatic heterocycles. The second-order valence-electron chi connectivity index (χ2n) is 6.09. The van der Waals surface area contributed by atoms with Crippen LogP contribution < -0.4 is 11.1 Å². The molecule has 2 aliphatic rings. The van der Waals surface area contributed by atoms with Crippen molar-refractivity contribution in [2.45, 2.75) is 63.3 Å². The molecule has 0 bridgehead atoms. The molecule has 5 heteroatoms. The van der Waals surface area contributed by atoms with Crippen LogP contribution in [0.2, 0.25) is 0 Å². The van der Waals surface area contributed by atoms with E-state index in [-0.39, 0.29) is 5.91 Å². The lowest BCUT2D eigenvalue weighted by Gasteiger charge is -2.42. The Hall–Kier alpha value is -1.10. The summed E-state index contributed by atoms with van der Waals surface area (Å²) < 4.78 is 0. The maximum absolute atomic E-state index is 12.4. The van der Waals surface area contributed by atoms with Gasteiger partial charge in [-0.2, -0.15) is 0 Å². The van der Waals surface area contributed by atoms with Crippen molar-refractivity contribution >= 4 is 11.9 Å². The normalized spacial score (nSPS) is 24.9. The van der Waals surface area contributed by atoms with E-state index in [0.29, 0.717) is 19.4 Å². The molecule has 0 radical (unpaired) electrons. The Morgan fingerprint density at radius 3 is 1.95 bits per heavy atom. The lowest BCUT2D eigenvalue weighted by molar-refractivity contribution is -0.151. The lowest BCUT2D eigenvalue weighted by Crippen LogP contribution is -2.60. The summed E-state index contributed by atoms with van der Waals surface area (Å²) in [6.07, 6.45) is 7.47. The number of amides is 1. The molecule has 0 aromatic carbocycles. The fraction of sp³-hybridized carbons (Fsp3) is 0.857. The first-order valence-corrected chi connectivity index (χ1v) is 7.31. The molecular formula is C14H24N2O3. The number of aliphatic carboxylic acids is 1. The van der Waals surface area contributed by atoms with Crippen molar-refractivity contribution in [3.8, 4) is 0 Å². The van der Waals surface area contributed by atoms with Crippen LogP contribution in [0.4, 0.5) is 0 Å². The van der Waals surface area contributed by atoms with E-state index in [1.165, 1.54) is 0 Å². The highest BCUT2D eigenvalue weighted by atomic mass is 16.4. The minimum absolute atomic E-state index is 0.148. The third-order valence-corrected chi connectivity index (χ3v) is 4.90. The SMILES string of the molecule is NCC1(C(=O)NC2(C(=O)O)CCCCCC2)CCC1. The maximum atomic E-state index is 12.4. The summed E-state index contributed by atoms with van der Waals surface area (Å²) in [4.78, 5) is 24.1. The smallest absolute Gasteiger partial charge is 0.329 e. The number of nitrogens with two attached hydrogens (primary N) is 1. The van der Waals surface area contributed by atoms with E-state index in [1.54, 1.807) is 0 Å². The van der Waals surface area contributed by atoms with Crippen LogP contribution in [0.15, 0.2) is 0 Å². The van der Waals surface area contributed by atoms with Gasteiger partial charge in [0.1, 0.15) is 5.54 Å². The van der Waals surface area contributed by atoms with Crippen LogP contribution in [0.5, 0.6) is 0 Å². The summed E-state index contributed by atoms with van der Waals surface area (Å²) in [6.45, 7) is 0.314. The molecule has 0 spiro atoms. The van der Waals surface area contributed by atoms with E-state index in [2.05, 4.69) is 5.32 Å². The molecule has 2 aliphatic carbocycles. The van der Waals surface area contributed by atoms with Crippen molar-refractivity contribution in [1.82, 2.24) is 5.32 Å². The fourth-order valence-corrected chi connectivity index (χ4v) is 3.20. The first-order valence-electron chi connectivity index (χ1n) is 7.31.